The Balaban J connectivity index is 1.51. The van der Waals surface area contributed by atoms with Crippen LogP contribution in [0.15, 0.2) is 97.1 Å². The average Bonchev–Trinajstić information content (AvgIpc) is 3.21. The predicted molar refractivity (Wildman–Crippen MR) is 216 cm³/mol. The van der Waals surface area contributed by atoms with Crippen molar-refractivity contribution in [3.63, 3.8) is 0 Å². The Labute approximate surface area is 330 Å². The second kappa shape index (κ2) is 16.9. The molecule has 2 amide bonds. The van der Waals surface area contributed by atoms with E-state index in [2.05, 4.69) is 5.32 Å². The highest BCUT2D eigenvalue weighted by Gasteiger charge is 2.38. The molecule has 5 aromatic carbocycles. The lowest BCUT2D eigenvalue weighted by Gasteiger charge is -2.37. The Morgan fingerprint density at radius 3 is 1.89 bits per heavy atom. The van der Waals surface area contributed by atoms with Crippen LogP contribution in [0.25, 0.3) is 16.7 Å². The zero-order valence-corrected chi connectivity index (χ0v) is 33.1. The number of rotatable bonds is 12. The summed E-state index contributed by atoms with van der Waals surface area (Å²) in [5, 5.41) is 2.90. The summed E-state index contributed by atoms with van der Waals surface area (Å²) in [6.07, 6.45) is -1.73. The second-order valence-corrected chi connectivity index (χ2v) is 13.9. The topological polar surface area (TPSA) is 131 Å². The van der Waals surface area contributed by atoms with Gasteiger partial charge in [-0.15, -0.1) is 0 Å². The van der Waals surface area contributed by atoms with Crippen molar-refractivity contribution in [1.82, 2.24) is 0 Å². The fourth-order valence-corrected chi connectivity index (χ4v) is 6.70. The highest BCUT2D eigenvalue weighted by molar-refractivity contribution is 6.11. The van der Waals surface area contributed by atoms with Crippen LogP contribution >= 0.6 is 0 Å². The molecule has 0 fully saturated rings. The van der Waals surface area contributed by atoms with Crippen LogP contribution in [0.1, 0.15) is 42.3 Å². The molecule has 0 radical (unpaired) electrons. The van der Waals surface area contributed by atoms with E-state index in [4.69, 9.17) is 33.2 Å². The van der Waals surface area contributed by atoms with Crippen LogP contribution in [0.2, 0.25) is 0 Å². The number of anilines is 2. The highest BCUT2D eigenvalue weighted by atomic mass is 16.6. The van der Waals surface area contributed by atoms with E-state index in [9.17, 15) is 14.4 Å². The molecule has 1 aliphatic heterocycles. The Bertz CT molecular complexity index is 2390. The van der Waals surface area contributed by atoms with E-state index in [1.54, 1.807) is 63.2 Å². The van der Waals surface area contributed by atoms with Gasteiger partial charge in [-0.1, -0.05) is 54.6 Å². The first-order valence-corrected chi connectivity index (χ1v) is 18.0. The quantitative estimate of drug-likeness (QED) is 0.147. The molecule has 0 spiro atoms. The van der Waals surface area contributed by atoms with Crippen molar-refractivity contribution < 1.29 is 47.5 Å². The summed E-state index contributed by atoms with van der Waals surface area (Å²) in [4.78, 5) is 41.9. The van der Waals surface area contributed by atoms with E-state index in [0.717, 1.165) is 16.7 Å². The second-order valence-electron chi connectivity index (χ2n) is 13.9. The van der Waals surface area contributed by atoms with E-state index in [-0.39, 0.29) is 34.1 Å². The standard InChI is InChI=1S/C45H44N2O10/c1-45(2,3)57-44(50)46-31-18-20-32(21-19-31)47-42(49)33-24-37(56-26-27-14-16-29(17-15-27)28-12-10-9-11-13-28)40(53-6)34(25-48)39(33)38(43(47)55-8)30-22-35(51-4)41(54-7)36(23-30)52-5/h9-24,43H,26H2,1-8H3,(H,46,50). The Morgan fingerprint density at radius 1 is 0.737 bits per heavy atom. The number of ether oxygens (including phenoxy) is 7. The number of hydrogen-bond donors (Lipinski definition) is 1. The van der Waals surface area contributed by atoms with Crippen LogP contribution in [0.5, 0.6) is 28.7 Å². The summed E-state index contributed by atoms with van der Waals surface area (Å²) in [6, 6.07) is 29.5. The molecule has 12 nitrogen and oxygen atoms in total. The molecule has 0 saturated heterocycles. The van der Waals surface area contributed by atoms with Crippen LogP contribution in [0.4, 0.5) is 16.2 Å². The summed E-state index contributed by atoms with van der Waals surface area (Å²) in [6.45, 7) is 5.42. The van der Waals surface area contributed by atoms with Crippen molar-refractivity contribution in [2.45, 2.75) is 39.2 Å². The monoisotopic (exact) mass is 772 g/mol. The van der Waals surface area contributed by atoms with Gasteiger partial charge >= 0.3 is 6.09 Å². The predicted octanol–water partition coefficient (Wildman–Crippen LogP) is 6.65. The van der Waals surface area contributed by atoms with Crippen molar-refractivity contribution in [2.24, 2.45) is 0 Å². The van der Waals surface area contributed by atoms with Gasteiger partial charge in [0.2, 0.25) is 5.75 Å². The summed E-state index contributed by atoms with van der Waals surface area (Å²) in [5.74, 6) is 2.79. The van der Waals surface area contributed by atoms with Gasteiger partial charge in [-0.05, 0) is 85.5 Å². The minimum absolute atomic E-state index is 0.0415. The third kappa shape index (κ3) is 8.28. The van der Waals surface area contributed by atoms with Crippen LogP contribution < -0.4 is 44.3 Å². The average molecular weight is 773 g/mol. The van der Waals surface area contributed by atoms with Gasteiger partial charge in [0.25, 0.3) is 5.91 Å². The summed E-state index contributed by atoms with van der Waals surface area (Å²) < 4.78 is 40.6. The lowest BCUT2D eigenvalue weighted by atomic mass is 9.91. The van der Waals surface area contributed by atoms with Gasteiger partial charge in [0.05, 0.1) is 34.0 Å². The molecule has 0 saturated carbocycles. The zero-order chi connectivity index (χ0) is 40.9. The Kier molecular flexibility index (Phi) is 11.9. The first kappa shape index (κ1) is 39.9. The van der Waals surface area contributed by atoms with E-state index in [0.29, 0.717) is 39.8 Å². The normalized spacial score (nSPS) is 13.6. The molecule has 294 valence electrons. The number of hydrogen-bond acceptors (Lipinski definition) is 10. The van der Waals surface area contributed by atoms with Crippen molar-refractivity contribution in [3.05, 3.63) is 124 Å². The van der Waals surface area contributed by atoms with Gasteiger partial charge in [-0.3, -0.25) is 15.0 Å². The molecule has 6 rings (SSSR count). The SMILES string of the molecule is COc1cc(C2=c3c(cc(OCc4ccc(-c5ccccc5)cc4)c(OC)c3=C=O)C(=O)N(c3ccc(NC(=O)OC(C)(C)C)cc3)C2OC)cc(OC)c1OC. The molecule has 5 aromatic rings. The summed E-state index contributed by atoms with van der Waals surface area (Å²) in [7, 11) is 7.34. The first-order valence-electron chi connectivity index (χ1n) is 18.0. The minimum atomic E-state index is -1.11. The maximum atomic E-state index is 14.8. The molecule has 0 aliphatic carbocycles. The van der Waals surface area contributed by atoms with Crippen molar-refractivity contribution in [3.8, 4) is 39.9 Å². The zero-order valence-electron chi connectivity index (χ0n) is 33.1. The smallest absolute Gasteiger partial charge is 0.412 e. The van der Waals surface area contributed by atoms with E-state index in [1.165, 1.54) is 40.4 Å². The summed E-state index contributed by atoms with van der Waals surface area (Å²) in [5.41, 5.74) is 4.16. The molecule has 57 heavy (non-hydrogen) atoms. The van der Waals surface area contributed by atoms with E-state index in [1.807, 2.05) is 60.5 Å². The molecule has 12 heteroatoms. The fourth-order valence-electron chi connectivity index (χ4n) is 6.70. The van der Waals surface area contributed by atoms with Gasteiger partial charge in [-0.2, -0.15) is 0 Å². The van der Waals surface area contributed by atoms with Gasteiger partial charge in [0.15, 0.2) is 29.2 Å². The fraction of sp³-hybridized carbons (Fsp3) is 0.244. The Morgan fingerprint density at radius 2 is 1.35 bits per heavy atom. The highest BCUT2D eigenvalue weighted by Crippen LogP contribution is 2.42. The van der Waals surface area contributed by atoms with Crippen LogP contribution in [-0.2, 0) is 20.9 Å². The number of carbonyl (C=O) groups is 2. The van der Waals surface area contributed by atoms with Crippen LogP contribution in [0, 0.1) is 0 Å². The molecular formula is C45H44N2O10. The van der Waals surface area contributed by atoms with E-state index < -0.39 is 23.8 Å². The maximum Gasteiger partial charge on any atom is 0.412 e. The van der Waals surface area contributed by atoms with Crippen molar-refractivity contribution in [1.29, 1.82) is 0 Å². The summed E-state index contributed by atoms with van der Waals surface area (Å²) >= 11 is 0. The van der Waals surface area contributed by atoms with Crippen molar-refractivity contribution >= 4 is 34.9 Å². The van der Waals surface area contributed by atoms with Gasteiger partial charge in [-0.25, -0.2) is 9.59 Å². The number of nitrogens with one attached hydrogen (secondary N) is 1. The van der Waals surface area contributed by atoms with Crippen molar-refractivity contribution in [2.75, 3.05) is 45.8 Å². The lowest BCUT2D eigenvalue weighted by molar-refractivity contribution is 0.0635. The van der Waals surface area contributed by atoms with Gasteiger partial charge in [0, 0.05) is 29.3 Å². The third-order valence-electron chi connectivity index (χ3n) is 9.20. The first-order chi connectivity index (χ1) is 27.4. The molecule has 1 aliphatic rings. The molecule has 1 heterocycles. The number of methoxy groups -OCH3 is 5. The largest absolute Gasteiger partial charge is 0.493 e. The Hall–Kier alpha value is -6.75. The number of nitrogens with zero attached hydrogens (tertiary/aromatic N) is 1. The maximum absolute atomic E-state index is 14.8. The number of amides is 2. The number of carbonyl (C=O) groups excluding carboxylic acids is 3. The molecule has 1 unspecified atom stereocenters. The lowest BCUT2D eigenvalue weighted by Crippen LogP contribution is -2.54. The molecule has 0 aromatic heterocycles. The number of fused-ring (bicyclic) bond motifs is 1. The minimum Gasteiger partial charge on any atom is -0.493 e. The molecule has 0 bridgehead atoms. The molecule has 1 atom stereocenters. The van der Waals surface area contributed by atoms with Gasteiger partial charge in [0.1, 0.15) is 23.4 Å². The van der Waals surface area contributed by atoms with Gasteiger partial charge < -0.3 is 33.2 Å². The molecule has 1 N–H and O–H groups in total. The third-order valence-corrected chi connectivity index (χ3v) is 9.20. The molecular weight excluding hydrogens is 728 g/mol. The number of benzene rings is 5. The van der Waals surface area contributed by atoms with Crippen LogP contribution in [0.3, 0.4) is 0 Å². The van der Waals surface area contributed by atoms with E-state index >= 15 is 0 Å². The van der Waals surface area contributed by atoms with Crippen LogP contribution in [-0.4, -0.2) is 65.3 Å².